The molecule has 0 unspecified atom stereocenters. The van der Waals surface area contributed by atoms with Crippen molar-refractivity contribution in [1.82, 2.24) is 0 Å². The second kappa shape index (κ2) is 9.62. The molecule has 3 heterocycles. The van der Waals surface area contributed by atoms with Crippen molar-refractivity contribution in [3.05, 3.63) is 152 Å². The zero-order valence-electron chi connectivity index (χ0n) is 24.6. The minimum absolute atomic E-state index is 0.855. The van der Waals surface area contributed by atoms with E-state index in [1.54, 1.807) is 12.5 Å². The Labute approximate surface area is 263 Å². The van der Waals surface area contributed by atoms with Crippen molar-refractivity contribution in [2.75, 3.05) is 4.90 Å². The van der Waals surface area contributed by atoms with Crippen LogP contribution in [0.5, 0.6) is 0 Å². The molecule has 10 aromatic rings. The van der Waals surface area contributed by atoms with Gasteiger partial charge in [-0.05, 0) is 112 Å². The van der Waals surface area contributed by atoms with Crippen molar-refractivity contribution in [2.24, 2.45) is 0 Å². The molecule has 4 nitrogen and oxygen atoms in total. The van der Waals surface area contributed by atoms with Crippen LogP contribution in [0.1, 0.15) is 0 Å². The van der Waals surface area contributed by atoms with Crippen LogP contribution in [0.25, 0.3) is 76.5 Å². The van der Waals surface area contributed by atoms with Crippen molar-refractivity contribution < 1.29 is 13.3 Å². The summed E-state index contributed by atoms with van der Waals surface area (Å²) in [7, 11) is 0. The molecule has 0 aliphatic carbocycles. The maximum absolute atomic E-state index is 6.46. The molecule has 0 saturated carbocycles. The smallest absolute Gasteiger partial charge is 0.136 e. The molecule has 4 heteroatoms. The van der Waals surface area contributed by atoms with Crippen molar-refractivity contribution >= 4 is 82.5 Å². The van der Waals surface area contributed by atoms with E-state index >= 15 is 0 Å². The molecule has 0 spiro atoms. The lowest BCUT2D eigenvalue weighted by molar-refractivity contribution is 0.615. The summed E-state index contributed by atoms with van der Waals surface area (Å²) in [6.45, 7) is 0. The molecule has 0 aliphatic heterocycles. The average Bonchev–Trinajstić information content (AvgIpc) is 3.86. The van der Waals surface area contributed by atoms with Crippen LogP contribution >= 0.6 is 0 Å². The summed E-state index contributed by atoms with van der Waals surface area (Å²) in [5, 5.41) is 9.27. The Hall–Kier alpha value is -6.26. The predicted octanol–water partition coefficient (Wildman–Crippen LogP) is 12.5. The van der Waals surface area contributed by atoms with Gasteiger partial charge in [-0.2, -0.15) is 0 Å². The SMILES string of the molecule is c1ccc2c(c1)ccc1cc(-c3cccc4oc5ccc(N(c6ccc7occc7c6)c6ccc7occc7c6)cc5c34)ccc12. The molecule has 3 aromatic heterocycles. The molecular formula is C42H25NO3. The molecular weight excluding hydrogens is 566 g/mol. The number of benzene rings is 7. The third-order valence-corrected chi connectivity index (χ3v) is 9.18. The van der Waals surface area contributed by atoms with E-state index in [2.05, 4.69) is 120 Å². The summed E-state index contributed by atoms with van der Waals surface area (Å²) >= 11 is 0. The Bertz CT molecular complexity index is 2700. The van der Waals surface area contributed by atoms with E-state index < -0.39 is 0 Å². The maximum Gasteiger partial charge on any atom is 0.136 e. The molecule has 0 atom stereocenters. The van der Waals surface area contributed by atoms with Gasteiger partial charge in [0.15, 0.2) is 0 Å². The van der Waals surface area contributed by atoms with Crippen molar-refractivity contribution in [1.29, 1.82) is 0 Å². The van der Waals surface area contributed by atoms with E-state index in [4.69, 9.17) is 13.3 Å². The van der Waals surface area contributed by atoms with Gasteiger partial charge in [0.2, 0.25) is 0 Å². The van der Waals surface area contributed by atoms with E-state index in [9.17, 15) is 0 Å². The molecule has 0 aliphatic rings. The Morgan fingerprint density at radius 1 is 0.391 bits per heavy atom. The van der Waals surface area contributed by atoms with Gasteiger partial charge < -0.3 is 18.2 Å². The number of rotatable bonds is 4. The van der Waals surface area contributed by atoms with Gasteiger partial charge in [0.25, 0.3) is 0 Å². The Morgan fingerprint density at radius 3 is 1.85 bits per heavy atom. The van der Waals surface area contributed by atoms with Gasteiger partial charge in [-0.15, -0.1) is 0 Å². The van der Waals surface area contributed by atoms with E-state index in [-0.39, 0.29) is 0 Å². The van der Waals surface area contributed by atoms with Gasteiger partial charge in [-0.3, -0.25) is 0 Å². The second-order valence-electron chi connectivity index (χ2n) is 11.8. The lowest BCUT2D eigenvalue weighted by atomic mass is 9.95. The Kier molecular flexibility index (Phi) is 5.25. The fourth-order valence-corrected chi connectivity index (χ4v) is 7.01. The summed E-state index contributed by atoms with van der Waals surface area (Å²) in [4.78, 5) is 2.28. The van der Waals surface area contributed by atoms with Crippen LogP contribution in [0.15, 0.2) is 165 Å². The fraction of sp³-hybridized carbons (Fsp3) is 0. The van der Waals surface area contributed by atoms with Gasteiger partial charge in [0.1, 0.15) is 22.3 Å². The largest absolute Gasteiger partial charge is 0.464 e. The van der Waals surface area contributed by atoms with E-state index in [1.807, 2.05) is 24.3 Å². The first kappa shape index (κ1) is 25.1. The van der Waals surface area contributed by atoms with Gasteiger partial charge in [0.05, 0.1) is 12.5 Å². The zero-order chi connectivity index (χ0) is 30.2. The lowest BCUT2D eigenvalue weighted by Crippen LogP contribution is -2.09. The molecule has 216 valence electrons. The molecule has 0 N–H and O–H groups in total. The van der Waals surface area contributed by atoms with Crippen LogP contribution in [-0.4, -0.2) is 0 Å². The van der Waals surface area contributed by atoms with Crippen molar-refractivity contribution in [3.8, 4) is 11.1 Å². The van der Waals surface area contributed by atoms with Crippen LogP contribution in [0, 0.1) is 0 Å². The minimum atomic E-state index is 0.855. The molecule has 0 amide bonds. The monoisotopic (exact) mass is 591 g/mol. The first-order valence-corrected chi connectivity index (χ1v) is 15.4. The van der Waals surface area contributed by atoms with Crippen LogP contribution in [0.4, 0.5) is 17.1 Å². The van der Waals surface area contributed by atoms with E-state index in [0.717, 1.165) is 72.1 Å². The first-order chi connectivity index (χ1) is 22.8. The Morgan fingerprint density at radius 2 is 1.07 bits per heavy atom. The van der Waals surface area contributed by atoms with Crippen molar-refractivity contribution in [2.45, 2.75) is 0 Å². The highest BCUT2D eigenvalue weighted by molar-refractivity contribution is 6.15. The third-order valence-electron chi connectivity index (χ3n) is 9.18. The van der Waals surface area contributed by atoms with Crippen LogP contribution in [-0.2, 0) is 0 Å². The molecule has 7 aromatic carbocycles. The number of hydrogen-bond donors (Lipinski definition) is 0. The average molecular weight is 592 g/mol. The molecule has 0 bridgehead atoms. The molecule has 10 rings (SSSR count). The highest BCUT2D eigenvalue weighted by Gasteiger charge is 2.19. The number of hydrogen-bond acceptors (Lipinski definition) is 4. The summed E-state index contributed by atoms with van der Waals surface area (Å²) in [6, 6.07) is 49.2. The topological polar surface area (TPSA) is 42.7 Å². The normalized spacial score (nSPS) is 11.9. The summed E-state index contributed by atoms with van der Waals surface area (Å²) in [5.41, 5.74) is 8.85. The fourth-order valence-electron chi connectivity index (χ4n) is 7.01. The van der Waals surface area contributed by atoms with Crippen LogP contribution in [0.3, 0.4) is 0 Å². The number of nitrogens with zero attached hydrogens (tertiary/aromatic N) is 1. The number of fused-ring (bicyclic) bond motifs is 8. The molecule has 46 heavy (non-hydrogen) atoms. The zero-order valence-corrected chi connectivity index (χ0v) is 24.6. The highest BCUT2D eigenvalue weighted by atomic mass is 16.3. The third kappa shape index (κ3) is 3.80. The number of anilines is 3. The minimum Gasteiger partial charge on any atom is -0.464 e. The standard InChI is InChI=1S/C42H25NO3/c1-2-5-34-26(4-1)8-9-27-22-28(10-14-35(27)34)36-6-3-7-41-42(36)37-25-33(13-17-40(37)46-41)43(31-11-15-38-29(23-31)18-20-44-38)32-12-16-39-30(24-32)19-21-45-39/h1-25H. The molecule has 0 saturated heterocycles. The van der Waals surface area contributed by atoms with Crippen molar-refractivity contribution in [3.63, 3.8) is 0 Å². The van der Waals surface area contributed by atoms with Gasteiger partial charge in [-0.1, -0.05) is 60.7 Å². The summed E-state index contributed by atoms with van der Waals surface area (Å²) in [5.74, 6) is 0. The molecule has 0 fully saturated rings. The van der Waals surface area contributed by atoms with Gasteiger partial charge in [-0.25, -0.2) is 0 Å². The highest BCUT2D eigenvalue weighted by Crippen LogP contribution is 2.43. The van der Waals surface area contributed by atoms with Crippen LogP contribution < -0.4 is 4.90 Å². The number of furan rings is 3. The molecule has 0 radical (unpaired) electrons. The maximum atomic E-state index is 6.46. The lowest BCUT2D eigenvalue weighted by Gasteiger charge is -2.25. The Balaban J connectivity index is 1.18. The van der Waals surface area contributed by atoms with Crippen LogP contribution in [0.2, 0.25) is 0 Å². The van der Waals surface area contributed by atoms with Gasteiger partial charge in [0, 0.05) is 38.6 Å². The quantitative estimate of drug-likeness (QED) is 0.191. The van der Waals surface area contributed by atoms with E-state index in [0.29, 0.717) is 0 Å². The summed E-state index contributed by atoms with van der Waals surface area (Å²) < 4.78 is 17.8. The van der Waals surface area contributed by atoms with E-state index in [1.165, 1.54) is 21.5 Å². The summed E-state index contributed by atoms with van der Waals surface area (Å²) in [6.07, 6.45) is 3.47. The second-order valence-corrected chi connectivity index (χ2v) is 11.8. The first-order valence-electron chi connectivity index (χ1n) is 15.4. The predicted molar refractivity (Wildman–Crippen MR) is 188 cm³/mol. The van der Waals surface area contributed by atoms with Gasteiger partial charge >= 0.3 is 0 Å².